The number of rotatable bonds is 11. The molecule has 6 heteroatoms. The van der Waals surface area contributed by atoms with Gasteiger partial charge in [0, 0.05) is 24.1 Å². The van der Waals surface area contributed by atoms with E-state index in [1.54, 1.807) is 0 Å². The summed E-state index contributed by atoms with van der Waals surface area (Å²) in [4.78, 5) is 33.5. The molecule has 0 radical (unpaired) electrons. The van der Waals surface area contributed by atoms with E-state index >= 15 is 0 Å². The summed E-state index contributed by atoms with van der Waals surface area (Å²) in [6.07, 6.45) is 3.45. The van der Waals surface area contributed by atoms with Gasteiger partial charge in [-0.15, -0.1) is 0 Å². The quantitative estimate of drug-likeness (QED) is 0.252. The van der Waals surface area contributed by atoms with E-state index in [0.717, 1.165) is 18.6 Å². The van der Waals surface area contributed by atoms with Crippen molar-refractivity contribution in [1.82, 2.24) is 0 Å². The van der Waals surface area contributed by atoms with Crippen molar-refractivity contribution < 1.29 is 28.6 Å². The Hall–Kier alpha value is -2.37. The van der Waals surface area contributed by atoms with Crippen molar-refractivity contribution in [2.75, 3.05) is 6.61 Å². The van der Waals surface area contributed by atoms with Gasteiger partial charge < -0.3 is 14.2 Å². The Balaban J connectivity index is 4.12. The first-order valence-corrected chi connectivity index (χ1v) is 6.89. The molecule has 1 unspecified atom stereocenters. The van der Waals surface area contributed by atoms with E-state index in [1.807, 2.05) is 0 Å². The van der Waals surface area contributed by atoms with Crippen LogP contribution in [0.5, 0.6) is 0 Å². The topological polar surface area (TPSA) is 78.9 Å². The minimum atomic E-state index is -0.981. The van der Waals surface area contributed by atoms with E-state index in [9.17, 15) is 14.4 Å². The second kappa shape index (κ2) is 11.3. The van der Waals surface area contributed by atoms with Gasteiger partial charge in [0.15, 0.2) is 0 Å². The summed E-state index contributed by atoms with van der Waals surface area (Å²) in [7, 11) is 0. The van der Waals surface area contributed by atoms with Gasteiger partial charge in [0.1, 0.15) is 0 Å². The molecule has 0 bridgehead atoms. The van der Waals surface area contributed by atoms with Crippen molar-refractivity contribution in [2.45, 2.75) is 38.9 Å². The predicted octanol–water partition coefficient (Wildman–Crippen LogP) is 2.45. The number of hydrogen-bond donors (Lipinski definition) is 0. The van der Waals surface area contributed by atoms with Gasteiger partial charge >= 0.3 is 17.9 Å². The first-order valence-electron chi connectivity index (χ1n) is 6.89. The minimum absolute atomic E-state index is 0.219. The van der Waals surface area contributed by atoms with E-state index in [1.165, 1.54) is 6.92 Å². The molecular weight excluding hydrogens is 288 g/mol. The number of hydrogen-bond acceptors (Lipinski definition) is 6. The third-order valence-corrected chi connectivity index (χ3v) is 2.50. The molecule has 0 N–H and O–H groups in total. The summed E-state index contributed by atoms with van der Waals surface area (Å²) in [5.74, 6) is -1.76. The normalized spacial score (nSPS) is 11.0. The van der Waals surface area contributed by atoms with Crippen LogP contribution in [0.25, 0.3) is 0 Å². The van der Waals surface area contributed by atoms with Gasteiger partial charge in [0.2, 0.25) is 6.29 Å². The molecule has 0 fully saturated rings. The van der Waals surface area contributed by atoms with Crippen LogP contribution in [0.1, 0.15) is 32.6 Å². The standard InChI is InChI=1S/C16H22O6/c1-5-13(17)20-11-9-7-8-10-15(21-14(18)6-2)22-16(19)12(3)4/h5-6,15H,1-3,7-11H2,4H3. The summed E-state index contributed by atoms with van der Waals surface area (Å²) >= 11 is 0. The number of esters is 3. The SMILES string of the molecule is C=CC(=O)OCCCCCC(OC(=O)C=C)OC(=O)C(=C)C. The Morgan fingerprint density at radius 2 is 1.64 bits per heavy atom. The minimum Gasteiger partial charge on any atom is -0.463 e. The molecule has 22 heavy (non-hydrogen) atoms. The summed E-state index contributed by atoms with van der Waals surface area (Å²) in [6, 6.07) is 0. The van der Waals surface area contributed by atoms with Gasteiger partial charge in [-0.1, -0.05) is 19.7 Å². The van der Waals surface area contributed by atoms with E-state index in [4.69, 9.17) is 14.2 Å². The highest BCUT2D eigenvalue weighted by Gasteiger charge is 2.17. The van der Waals surface area contributed by atoms with Gasteiger partial charge in [0.05, 0.1) is 6.61 Å². The van der Waals surface area contributed by atoms with Gasteiger partial charge in [0.25, 0.3) is 0 Å². The molecule has 0 saturated carbocycles. The van der Waals surface area contributed by atoms with Crippen LogP contribution in [0, 0.1) is 0 Å². The average Bonchev–Trinajstić information content (AvgIpc) is 2.49. The maximum Gasteiger partial charge on any atom is 0.336 e. The lowest BCUT2D eigenvalue weighted by Gasteiger charge is -2.17. The molecule has 1 atom stereocenters. The highest BCUT2D eigenvalue weighted by Crippen LogP contribution is 2.11. The lowest BCUT2D eigenvalue weighted by atomic mass is 10.2. The van der Waals surface area contributed by atoms with Crippen molar-refractivity contribution in [3.8, 4) is 0 Å². The first-order chi connectivity index (χ1) is 10.4. The van der Waals surface area contributed by atoms with Crippen LogP contribution < -0.4 is 0 Å². The fraction of sp³-hybridized carbons (Fsp3) is 0.438. The van der Waals surface area contributed by atoms with E-state index in [0.29, 0.717) is 19.3 Å². The third kappa shape index (κ3) is 9.52. The van der Waals surface area contributed by atoms with Crippen LogP contribution >= 0.6 is 0 Å². The van der Waals surface area contributed by atoms with Crippen LogP contribution in [0.2, 0.25) is 0 Å². The molecule has 0 aromatic carbocycles. The molecule has 6 nitrogen and oxygen atoms in total. The molecule has 0 aliphatic heterocycles. The Morgan fingerprint density at radius 3 is 2.18 bits per heavy atom. The molecule has 0 aromatic rings. The average molecular weight is 310 g/mol. The van der Waals surface area contributed by atoms with Gasteiger partial charge in [-0.2, -0.15) is 0 Å². The van der Waals surface area contributed by atoms with Crippen LogP contribution in [0.3, 0.4) is 0 Å². The molecule has 0 spiro atoms. The van der Waals surface area contributed by atoms with Crippen molar-refractivity contribution >= 4 is 17.9 Å². The second-order valence-corrected chi connectivity index (χ2v) is 4.48. The van der Waals surface area contributed by atoms with Crippen LogP contribution in [0.4, 0.5) is 0 Å². The van der Waals surface area contributed by atoms with Crippen molar-refractivity contribution in [2.24, 2.45) is 0 Å². The van der Waals surface area contributed by atoms with E-state index < -0.39 is 24.2 Å². The molecular formula is C16H22O6. The molecule has 0 rings (SSSR count). The number of carbonyl (C=O) groups excluding carboxylic acids is 3. The molecule has 0 aliphatic carbocycles. The number of carbonyl (C=O) groups is 3. The molecule has 0 amide bonds. The monoisotopic (exact) mass is 310 g/mol. The van der Waals surface area contributed by atoms with Crippen molar-refractivity contribution in [1.29, 1.82) is 0 Å². The maximum absolute atomic E-state index is 11.5. The summed E-state index contributed by atoms with van der Waals surface area (Å²) in [5.41, 5.74) is 0.219. The smallest absolute Gasteiger partial charge is 0.336 e. The zero-order chi connectivity index (χ0) is 17.0. The molecule has 0 saturated heterocycles. The third-order valence-electron chi connectivity index (χ3n) is 2.50. The summed E-state index contributed by atoms with van der Waals surface area (Å²) < 4.78 is 14.8. The number of ether oxygens (including phenoxy) is 3. The zero-order valence-electron chi connectivity index (χ0n) is 12.8. The molecule has 122 valence electrons. The Labute approximate surface area is 130 Å². The summed E-state index contributed by atoms with van der Waals surface area (Å²) in [5, 5.41) is 0. The molecule has 0 heterocycles. The van der Waals surface area contributed by atoms with Gasteiger partial charge in [-0.3, -0.25) is 0 Å². The van der Waals surface area contributed by atoms with Crippen LogP contribution in [-0.4, -0.2) is 30.8 Å². The fourth-order valence-corrected chi connectivity index (χ4v) is 1.36. The highest BCUT2D eigenvalue weighted by molar-refractivity contribution is 5.87. The Bertz CT molecular complexity index is 438. The van der Waals surface area contributed by atoms with Crippen molar-refractivity contribution in [3.05, 3.63) is 37.5 Å². The maximum atomic E-state index is 11.5. The van der Waals surface area contributed by atoms with Crippen molar-refractivity contribution in [3.63, 3.8) is 0 Å². The molecule has 0 aliphatic rings. The van der Waals surface area contributed by atoms with E-state index in [2.05, 4.69) is 19.7 Å². The fourth-order valence-electron chi connectivity index (χ4n) is 1.36. The Morgan fingerprint density at radius 1 is 1.00 bits per heavy atom. The summed E-state index contributed by atoms with van der Waals surface area (Å²) in [6.45, 7) is 11.8. The highest BCUT2D eigenvalue weighted by atomic mass is 16.7. The van der Waals surface area contributed by atoms with Gasteiger partial charge in [-0.05, 0) is 26.2 Å². The van der Waals surface area contributed by atoms with Gasteiger partial charge in [-0.25, -0.2) is 14.4 Å². The zero-order valence-corrected chi connectivity index (χ0v) is 12.8. The van der Waals surface area contributed by atoms with Crippen LogP contribution in [-0.2, 0) is 28.6 Å². The Kier molecular flexibility index (Phi) is 10.1. The largest absolute Gasteiger partial charge is 0.463 e. The van der Waals surface area contributed by atoms with Crippen LogP contribution in [0.15, 0.2) is 37.5 Å². The molecule has 0 aromatic heterocycles. The second-order valence-electron chi connectivity index (χ2n) is 4.48. The van der Waals surface area contributed by atoms with E-state index in [-0.39, 0.29) is 12.2 Å². The number of unbranched alkanes of at least 4 members (excludes halogenated alkanes) is 2. The first kappa shape index (κ1) is 19.6. The lowest BCUT2D eigenvalue weighted by molar-refractivity contribution is -0.182. The lowest BCUT2D eigenvalue weighted by Crippen LogP contribution is -2.24. The predicted molar refractivity (Wildman–Crippen MR) is 80.6 cm³/mol.